The summed E-state index contributed by atoms with van der Waals surface area (Å²) < 4.78 is 18.7. The quantitative estimate of drug-likeness (QED) is 0.700. The van der Waals surface area contributed by atoms with Gasteiger partial charge >= 0.3 is 0 Å². The minimum atomic E-state index is -0.381. The Hall–Kier alpha value is -3.06. The van der Waals surface area contributed by atoms with Gasteiger partial charge in [-0.15, -0.1) is 0 Å². The molecule has 1 fully saturated rings. The van der Waals surface area contributed by atoms with Crippen molar-refractivity contribution in [3.05, 3.63) is 60.4 Å². The maximum Gasteiger partial charge on any atom is 0.257 e. The Bertz CT molecular complexity index is 993. The summed E-state index contributed by atoms with van der Waals surface area (Å²) in [5.41, 5.74) is 2.34. The highest BCUT2D eigenvalue weighted by atomic mass is 16.5. The molecule has 0 N–H and O–H groups in total. The molecule has 5 rings (SSSR count). The Balaban J connectivity index is 1.39. The number of methoxy groups -OCH3 is 1. The number of carbonyl (C=O) groups is 1. The zero-order valence-corrected chi connectivity index (χ0v) is 15.6. The molecule has 2 aliphatic rings. The van der Waals surface area contributed by atoms with Crippen molar-refractivity contribution in [3.63, 3.8) is 0 Å². The maximum atomic E-state index is 12.7. The number of aromatic nitrogens is 2. The van der Waals surface area contributed by atoms with E-state index < -0.39 is 0 Å². The smallest absolute Gasteiger partial charge is 0.257 e. The van der Waals surface area contributed by atoms with E-state index >= 15 is 0 Å². The third kappa shape index (κ3) is 2.79. The van der Waals surface area contributed by atoms with Crippen LogP contribution in [0.4, 0.5) is 0 Å². The van der Waals surface area contributed by atoms with Gasteiger partial charge in [0.05, 0.1) is 43.9 Å². The molecule has 2 aliphatic heterocycles. The van der Waals surface area contributed by atoms with Gasteiger partial charge in [0.1, 0.15) is 30.0 Å². The first-order valence-corrected chi connectivity index (χ1v) is 9.32. The Labute approximate surface area is 162 Å². The van der Waals surface area contributed by atoms with E-state index in [1.807, 2.05) is 35.4 Å². The van der Waals surface area contributed by atoms with E-state index in [4.69, 9.17) is 13.9 Å². The van der Waals surface area contributed by atoms with Crippen LogP contribution in [0.2, 0.25) is 0 Å². The van der Waals surface area contributed by atoms with Crippen molar-refractivity contribution in [1.29, 1.82) is 0 Å². The van der Waals surface area contributed by atoms with Gasteiger partial charge in [0.25, 0.3) is 5.91 Å². The molecule has 0 aliphatic carbocycles. The van der Waals surface area contributed by atoms with Crippen LogP contribution >= 0.6 is 0 Å². The van der Waals surface area contributed by atoms with Crippen LogP contribution in [-0.2, 0) is 17.9 Å². The summed E-state index contributed by atoms with van der Waals surface area (Å²) in [5, 5.41) is 0. The number of nitrogens with zero attached hydrogens (tertiary/aromatic N) is 3. The molecule has 0 saturated carbocycles. The first-order chi connectivity index (χ1) is 13.7. The fourth-order valence-electron chi connectivity index (χ4n) is 4.08. The average Bonchev–Trinajstić information content (AvgIpc) is 3.48. The maximum absolute atomic E-state index is 12.7. The summed E-state index contributed by atoms with van der Waals surface area (Å²) in [6, 6.07) is 9.67. The fourth-order valence-corrected chi connectivity index (χ4v) is 4.08. The lowest BCUT2D eigenvalue weighted by Crippen LogP contribution is -2.45. The number of imidazole rings is 1. The molecular formula is C21H21N3O4. The van der Waals surface area contributed by atoms with Crippen molar-refractivity contribution in [2.45, 2.75) is 25.2 Å². The average molecular weight is 379 g/mol. The topological polar surface area (TPSA) is 69.7 Å². The number of furan rings is 1. The SMILES string of the molecule is COc1ccc(-c2cnc3n2CC2(CCN(C(=O)c4ccoc4)C2)OC3)cc1. The summed E-state index contributed by atoms with van der Waals surface area (Å²) in [5.74, 6) is 1.73. The van der Waals surface area contributed by atoms with E-state index in [1.165, 1.54) is 12.5 Å². The zero-order chi connectivity index (χ0) is 19.1. The number of benzene rings is 1. The van der Waals surface area contributed by atoms with Crippen LogP contribution in [0.15, 0.2) is 53.5 Å². The van der Waals surface area contributed by atoms with Gasteiger partial charge in [0, 0.05) is 12.1 Å². The minimum Gasteiger partial charge on any atom is -0.497 e. The second kappa shape index (κ2) is 6.53. The highest BCUT2D eigenvalue weighted by Gasteiger charge is 2.44. The number of likely N-dealkylation sites (tertiary alicyclic amines) is 1. The second-order valence-electron chi connectivity index (χ2n) is 7.33. The predicted octanol–water partition coefficient (Wildman–Crippen LogP) is 2.97. The summed E-state index contributed by atoms with van der Waals surface area (Å²) in [7, 11) is 1.66. The largest absolute Gasteiger partial charge is 0.497 e. The molecule has 28 heavy (non-hydrogen) atoms. The van der Waals surface area contributed by atoms with Gasteiger partial charge < -0.3 is 23.4 Å². The molecule has 1 saturated heterocycles. The number of fused-ring (bicyclic) bond motifs is 1. The number of hydrogen-bond acceptors (Lipinski definition) is 5. The number of carbonyl (C=O) groups excluding carboxylic acids is 1. The van der Waals surface area contributed by atoms with Gasteiger partial charge in [-0.1, -0.05) is 0 Å². The van der Waals surface area contributed by atoms with Crippen molar-refractivity contribution in [3.8, 4) is 17.0 Å². The molecule has 2 aromatic heterocycles. The van der Waals surface area contributed by atoms with Crippen LogP contribution in [0.5, 0.6) is 5.75 Å². The van der Waals surface area contributed by atoms with Crippen LogP contribution in [0.1, 0.15) is 22.6 Å². The van der Waals surface area contributed by atoms with Crippen LogP contribution in [0, 0.1) is 0 Å². The molecule has 1 amide bonds. The molecule has 1 unspecified atom stereocenters. The van der Waals surface area contributed by atoms with E-state index in [-0.39, 0.29) is 11.5 Å². The lowest BCUT2D eigenvalue weighted by molar-refractivity contribution is -0.0804. The Morgan fingerprint density at radius 2 is 2.07 bits per heavy atom. The highest BCUT2D eigenvalue weighted by Crippen LogP contribution is 2.36. The highest BCUT2D eigenvalue weighted by molar-refractivity contribution is 5.94. The van der Waals surface area contributed by atoms with Gasteiger partial charge in [-0.3, -0.25) is 4.79 Å². The van der Waals surface area contributed by atoms with Gasteiger partial charge in [-0.25, -0.2) is 4.98 Å². The van der Waals surface area contributed by atoms with Crippen LogP contribution in [0.3, 0.4) is 0 Å². The molecule has 7 nitrogen and oxygen atoms in total. The van der Waals surface area contributed by atoms with Gasteiger partial charge in [0.15, 0.2) is 0 Å². The van der Waals surface area contributed by atoms with Gasteiger partial charge in [0.2, 0.25) is 0 Å². The van der Waals surface area contributed by atoms with Crippen molar-refractivity contribution < 1.29 is 18.7 Å². The lowest BCUT2D eigenvalue weighted by Gasteiger charge is -2.35. The molecular weight excluding hydrogens is 358 g/mol. The first kappa shape index (κ1) is 17.1. The van der Waals surface area contributed by atoms with Crippen molar-refractivity contribution in [2.24, 2.45) is 0 Å². The van der Waals surface area contributed by atoms with Crippen molar-refractivity contribution in [1.82, 2.24) is 14.5 Å². The fraction of sp³-hybridized carbons (Fsp3) is 0.333. The van der Waals surface area contributed by atoms with Gasteiger partial charge in [-0.2, -0.15) is 0 Å². The second-order valence-corrected chi connectivity index (χ2v) is 7.33. The van der Waals surface area contributed by atoms with E-state index in [9.17, 15) is 4.79 Å². The van der Waals surface area contributed by atoms with Crippen LogP contribution in [-0.4, -0.2) is 46.2 Å². The minimum absolute atomic E-state index is 0.0129. The molecule has 3 aromatic rings. The summed E-state index contributed by atoms with van der Waals surface area (Å²) in [6.45, 7) is 2.37. The molecule has 1 atom stereocenters. The molecule has 7 heteroatoms. The first-order valence-electron chi connectivity index (χ1n) is 9.32. The number of hydrogen-bond donors (Lipinski definition) is 0. The summed E-state index contributed by atoms with van der Waals surface area (Å²) >= 11 is 0. The molecule has 144 valence electrons. The number of amides is 1. The lowest BCUT2D eigenvalue weighted by atomic mass is 10.0. The normalized spacial score (nSPS) is 21.1. The van der Waals surface area contributed by atoms with Gasteiger partial charge in [-0.05, 0) is 36.8 Å². The summed E-state index contributed by atoms with van der Waals surface area (Å²) in [6.07, 6.45) is 5.71. The molecule has 1 aromatic carbocycles. The predicted molar refractivity (Wildman–Crippen MR) is 101 cm³/mol. The van der Waals surface area contributed by atoms with E-state index in [1.54, 1.807) is 13.2 Å². The van der Waals surface area contributed by atoms with Crippen LogP contribution in [0.25, 0.3) is 11.3 Å². The monoisotopic (exact) mass is 379 g/mol. The van der Waals surface area contributed by atoms with Crippen molar-refractivity contribution in [2.75, 3.05) is 20.2 Å². The number of ether oxygens (including phenoxy) is 2. The third-order valence-corrected chi connectivity index (χ3v) is 5.65. The van der Waals surface area contributed by atoms with Crippen molar-refractivity contribution >= 4 is 5.91 Å². The molecule has 0 radical (unpaired) electrons. The summed E-state index contributed by atoms with van der Waals surface area (Å²) in [4.78, 5) is 19.0. The molecule has 0 bridgehead atoms. The number of rotatable bonds is 3. The Kier molecular flexibility index (Phi) is 3.98. The van der Waals surface area contributed by atoms with E-state index in [0.29, 0.717) is 31.8 Å². The Morgan fingerprint density at radius 3 is 2.82 bits per heavy atom. The zero-order valence-electron chi connectivity index (χ0n) is 15.6. The Morgan fingerprint density at radius 1 is 1.21 bits per heavy atom. The van der Waals surface area contributed by atoms with E-state index in [0.717, 1.165) is 29.3 Å². The third-order valence-electron chi connectivity index (χ3n) is 5.65. The standard InChI is InChI=1S/C21H21N3O4/c1-26-17-4-2-15(3-5-17)18-10-22-19-12-28-21(14-24(18)19)7-8-23(13-21)20(25)16-6-9-27-11-16/h2-6,9-11H,7-8,12-14H2,1H3. The van der Waals surface area contributed by atoms with Crippen LogP contribution < -0.4 is 4.74 Å². The van der Waals surface area contributed by atoms with E-state index in [2.05, 4.69) is 9.55 Å². The molecule has 4 heterocycles. The molecule has 1 spiro atoms.